The Morgan fingerprint density at radius 1 is 1.06 bits per heavy atom. The third kappa shape index (κ3) is 3.45. The standard InChI is InChI=1S/C26H21ClFN5O/c1-4-15-31-21-7-5-6-8-22(21)33-26(31)24(17(3)30-33)23(34)14-13-20-16(2)29-32(25(20)27)19-11-9-18(28)10-12-19/h4-14H,1,15H2,2-3H3/b14-13+. The fourth-order valence-corrected chi connectivity index (χ4v) is 4.55. The molecule has 2 aromatic carbocycles. The molecule has 170 valence electrons. The molecule has 0 unspecified atom stereocenters. The average molecular weight is 474 g/mol. The van der Waals surface area contributed by atoms with E-state index in [0.29, 0.717) is 39.9 Å². The zero-order valence-corrected chi connectivity index (χ0v) is 19.4. The lowest BCUT2D eigenvalue weighted by Crippen LogP contribution is -2.02. The maximum atomic E-state index is 13.4. The lowest BCUT2D eigenvalue weighted by molar-refractivity contribution is 0.104. The van der Waals surface area contributed by atoms with Crippen molar-refractivity contribution >= 4 is 40.1 Å². The molecule has 0 aliphatic rings. The van der Waals surface area contributed by atoms with Gasteiger partial charge in [-0.25, -0.2) is 13.6 Å². The molecule has 0 amide bonds. The number of imidazole rings is 1. The highest BCUT2D eigenvalue weighted by molar-refractivity contribution is 6.31. The number of hydrogen-bond donors (Lipinski definition) is 0. The van der Waals surface area contributed by atoms with Crippen molar-refractivity contribution in [2.45, 2.75) is 20.4 Å². The fraction of sp³-hybridized carbons (Fsp3) is 0.115. The third-order valence-corrected chi connectivity index (χ3v) is 6.13. The second kappa shape index (κ2) is 8.43. The Labute approximate surface area is 200 Å². The van der Waals surface area contributed by atoms with Crippen LogP contribution >= 0.6 is 11.6 Å². The van der Waals surface area contributed by atoms with Crippen LogP contribution in [-0.4, -0.2) is 29.7 Å². The Hall–Kier alpha value is -3.97. The van der Waals surface area contributed by atoms with Gasteiger partial charge in [0.2, 0.25) is 0 Å². The number of fused-ring (bicyclic) bond motifs is 3. The molecular formula is C26H21ClFN5O. The van der Waals surface area contributed by atoms with Gasteiger partial charge in [0.15, 0.2) is 5.78 Å². The van der Waals surface area contributed by atoms with Gasteiger partial charge in [-0.15, -0.1) is 6.58 Å². The van der Waals surface area contributed by atoms with Gasteiger partial charge in [-0.2, -0.15) is 10.2 Å². The molecule has 0 saturated heterocycles. The highest BCUT2D eigenvalue weighted by Crippen LogP contribution is 2.28. The number of ketones is 1. The summed E-state index contributed by atoms with van der Waals surface area (Å²) < 4.78 is 18.7. The first-order valence-corrected chi connectivity index (χ1v) is 11.1. The van der Waals surface area contributed by atoms with Crippen LogP contribution in [0.1, 0.15) is 27.3 Å². The highest BCUT2D eigenvalue weighted by atomic mass is 35.5. The Morgan fingerprint density at radius 2 is 1.76 bits per heavy atom. The molecule has 34 heavy (non-hydrogen) atoms. The molecule has 0 aliphatic carbocycles. The van der Waals surface area contributed by atoms with Crippen LogP contribution in [0.3, 0.4) is 0 Å². The number of carbonyl (C=O) groups excluding carboxylic acids is 1. The summed E-state index contributed by atoms with van der Waals surface area (Å²) in [5, 5.41) is 9.43. The lowest BCUT2D eigenvalue weighted by Gasteiger charge is -2.03. The monoisotopic (exact) mass is 473 g/mol. The smallest absolute Gasteiger partial charge is 0.191 e. The average Bonchev–Trinajstić information content (AvgIpc) is 3.42. The number of aryl methyl sites for hydroxylation is 2. The number of nitrogens with zero attached hydrogens (tertiary/aromatic N) is 5. The van der Waals surface area contributed by atoms with Crippen molar-refractivity contribution in [3.63, 3.8) is 0 Å². The Bertz CT molecular complexity index is 1600. The summed E-state index contributed by atoms with van der Waals surface area (Å²) in [6.45, 7) is 8.04. The van der Waals surface area contributed by atoms with E-state index in [0.717, 1.165) is 16.7 Å². The van der Waals surface area contributed by atoms with Crippen molar-refractivity contribution in [1.82, 2.24) is 24.0 Å². The first kappa shape index (κ1) is 21.9. The first-order valence-electron chi connectivity index (χ1n) is 10.7. The summed E-state index contributed by atoms with van der Waals surface area (Å²) >= 11 is 6.57. The molecule has 6 nitrogen and oxygen atoms in total. The van der Waals surface area contributed by atoms with Crippen LogP contribution in [-0.2, 0) is 6.54 Å². The van der Waals surface area contributed by atoms with Crippen LogP contribution < -0.4 is 0 Å². The zero-order valence-electron chi connectivity index (χ0n) is 18.7. The summed E-state index contributed by atoms with van der Waals surface area (Å²) in [5.74, 6) is -0.531. The number of benzene rings is 2. The molecule has 0 saturated carbocycles. The summed E-state index contributed by atoms with van der Waals surface area (Å²) in [6, 6.07) is 13.8. The number of para-hydroxylation sites is 2. The van der Waals surface area contributed by atoms with Crippen LogP contribution in [0.2, 0.25) is 5.15 Å². The molecular weight excluding hydrogens is 453 g/mol. The minimum absolute atomic E-state index is 0.189. The van der Waals surface area contributed by atoms with Gasteiger partial charge < -0.3 is 4.57 Å². The molecule has 3 aromatic heterocycles. The van der Waals surface area contributed by atoms with Crippen LogP contribution in [0.4, 0.5) is 4.39 Å². The normalized spacial score (nSPS) is 11.8. The lowest BCUT2D eigenvalue weighted by atomic mass is 10.1. The predicted octanol–water partition coefficient (Wildman–Crippen LogP) is 5.97. The second-order valence-electron chi connectivity index (χ2n) is 7.96. The quantitative estimate of drug-likeness (QED) is 0.173. The van der Waals surface area contributed by atoms with E-state index in [-0.39, 0.29) is 11.6 Å². The van der Waals surface area contributed by atoms with Crippen molar-refractivity contribution < 1.29 is 9.18 Å². The molecule has 5 rings (SSSR count). The Morgan fingerprint density at radius 3 is 2.47 bits per heavy atom. The summed E-state index contributed by atoms with van der Waals surface area (Å²) in [6.07, 6.45) is 4.95. The largest absolute Gasteiger partial charge is 0.320 e. The number of carbonyl (C=O) groups is 1. The SMILES string of the molecule is C=CCn1c2ccccc2n2nc(C)c(C(=O)/C=C/c3c(C)nn(-c4ccc(F)cc4)c3Cl)c12. The van der Waals surface area contributed by atoms with Crippen molar-refractivity contribution in [2.75, 3.05) is 0 Å². The molecule has 0 bridgehead atoms. The van der Waals surface area contributed by atoms with E-state index in [1.54, 1.807) is 35.7 Å². The van der Waals surface area contributed by atoms with Gasteiger partial charge in [-0.3, -0.25) is 4.79 Å². The highest BCUT2D eigenvalue weighted by Gasteiger charge is 2.22. The number of halogens is 2. The molecule has 8 heteroatoms. The van der Waals surface area contributed by atoms with Gasteiger partial charge in [-0.05, 0) is 62.4 Å². The van der Waals surface area contributed by atoms with E-state index in [4.69, 9.17) is 11.6 Å². The number of aromatic nitrogens is 5. The molecule has 0 fully saturated rings. The van der Waals surface area contributed by atoms with Crippen LogP contribution in [0, 0.1) is 19.7 Å². The van der Waals surface area contributed by atoms with E-state index >= 15 is 0 Å². The van der Waals surface area contributed by atoms with E-state index in [1.807, 2.05) is 35.8 Å². The van der Waals surface area contributed by atoms with E-state index in [2.05, 4.69) is 16.8 Å². The van der Waals surface area contributed by atoms with E-state index in [1.165, 1.54) is 22.9 Å². The van der Waals surface area contributed by atoms with Gasteiger partial charge in [0.25, 0.3) is 0 Å². The van der Waals surface area contributed by atoms with Gasteiger partial charge in [0, 0.05) is 12.1 Å². The van der Waals surface area contributed by atoms with Gasteiger partial charge in [0.1, 0.15) is 16.6 Å². The van der Waals surface area contributed by atoms with Crippen LogP contribution in [0.15, 0.2) is 67.3 Å². The summed E-state index contributed by atoms with van der Waals surface area (Å²) in [5.41, 5.74) is 5.67. The van der Waals surface area contributed by atoms with Crippen molar-refractivity contribution in [3.05, 3.63) is 101 Å². The first-order chi connectivity index (χ1) is 16.4. The number of allylic oxidation sites excluding steroid dienone is 2. The topological polar surface area (TPSA) is 57.1 Å². The zero-order chi connectivity index (χ0) is 24.0. The Balaban J connectivity index is 1.57. The van der Waals surface area contributed by atoms with E-state index < -0.39 is 0 Å². The van der Waals surface area contributed by atoms with Crippen LogP contribution in [0.25, 0.3) is 28.4 Å². The van der Waals surface area contributed by atoms with Crippen molar-refractivity contribution in [2.24, 2.45) is 0 Å². The van der Waals surface area contributed by atoms with Gasteiger partial charge >= 0.3 is 0 Å². The molecule has 0 radical (unpaired) electrons. The number of rotatable bonds is 6. The Kier molecular flexibility index (Phi) is 5.42. The van der Waals surface area contributed by atoms with Crippen molar-refractivity contribution in [3.8, 4) is 5.69 Å². The fourth-order valence-electron chi connectivity index (χ4n) is 4.22. The maximum Gasteiger partial charge on any atom is 0.191 e. The molecule has 0 aliphatic heterocycles. The van der Waals surface area contributed by atoms with Gasteiger partial charge in [-0.1, -0.05) is 29.8 Å². The maximum absolute atomic E-state index is 13.4. The molecule has 0 atom stereocenters. The summed E-state index contributed by atoms with van der Waals surface area (Å²) in [7, 11) is 0. The molecule has 5 aromatic rings. The molecule has 0 N–H and O–H groups in total. The van der Waals surface area contributed by atoms with Crippen LogP contribution in [0.5, 0.6) is 0 Å². The number of hydrogen-bond acceptors (Lipinski definition) is 3. The van der Waals surface area contributed by atoms with E-state index in [9.17, 15) is 9.18 Å². The minimum atomic E-state index is -0.341. The third-order valence-electron chi connectivity index (χ3n) is 5.77. The van der Waals surface area contributed by atoms with Gasteiger partial charge in [0.05, 0.1) is 33.7 Å². The predicted molar refractivity (Wildman–Crippen MR) is 132 cm³/mol. The molecule has 3 heterocycles. The summed E-state index contributed by atoms with van der Waals surface area (Å²) in [4.78, 5) is 13.4. The minimum Gasteiger partial charge on any atom is -0.320 e. The second-order valence-corrected chi connectivity index (χ2v) is 8.32. The molecule has 0 spiro atoms. The van der Waals surface area contributed by atoms with Crippen molar-refractivity contribution in [1.29, 1.82) is 0 Å².